The minimum atomic E-state index is -1.05. The van der Waals surface area contributed by atoms with Gasteiger partial charge in [0, 0.05) is 37.0 Å². The van der Waals surface area contributed by atoms with Crippen LogP contribution in [0, 0.1) is 17.6 Å². The van der Waals surface area contributed by atoms with Crippen molar-refractivity contribution in [1.82, 2.24) is 19.9 Å². The number of aromatic hydroxyl groups is 1. The minimum absolute atomic E-state index is 0.103. The molecular formula is C23H33F2N7O. The summed E-state index contributed by atoms with van der Waals surface area (Å²) in [5.41, 5.74) is 0.103. The van der Waals surface area contributed by atoms with E-state index in [1.165, 1.54) is 38.5 Å². The number of likely N-dealkylation sites (N-methyl/N-ethyl adjacent to an activating group) is 1. The van der Waals surface area contributed by atoms with E-state index in [0.717, 1.165) is 38.2 Å². The third-order valence-electron chi connectivity index (χ3n) is 6.58. The maximum Gasteiger partial charge on any atom is 0.233 e. The Morgan fingerprint density at radius 2 is 1.55 bits per heavy atom. The Morgan fingerprint density at radius 3 is 2.21 bits per heavy atom. The summed E-state index contributed by atoms with van der Waals surface area (Å²) in [5, 5.41) is 18.8. The highest BCUT2D eigenvalue weighted by Gasteiger charge is 2.23. The predicted octanol–water partition coefficient (Wildman–Crippen LogP) is 4.49. The van der Waals surface area contributed by atoms with E-state index in [1.807, 2.05) is 0 Å². The van der Waals surface area contributed by atoms with Crippen molar-refractivity contribution in [2.24, 2.45) is 5.92 Å². The Bertz CT molecular complexity index is 916. The summed E-state index contributed by atoms with van der Waals surface area (Å²) in [6.45, 7) is 5.74. The van der Waals surface area contributed by atoms with Gasteiger partial charge in [-0.2, -0.15) is 15.0 Å². The molecule has 1 aromatic heterocycles. The van der Waals surface area contributed by atoms with E-state index in [-0.39, 0.29) is 11.6 Å². The second kappa shape index (κ2) is 10.9. The van der Waals surface area contributed by atoms with E-state index in [0.29, 0.717) is 30.4 Å². The van der Waals surface area contributed by atoms with Crippen LogP contribution < -0.4 is 16.0 Å². The van der Waals surface area contributed by atoms with E-state index < -0.39 is 17.4 Å². The molecular weight excluding hydrogens is 428 g/mol. The Balaban J connectivity index is 1.50. The zero-order valence-corrected chi connectivity index (χ0v) is 19.1. The van der Waals surface area contributed by atoms with Crippen LogP contribution in [0.1, 0.15) is 51.9 Å². The molecule has 0 radical (unpaired) electrons. The molecule has 8 nitrogen and oxygen atoms in total. The summed E-state index contributed by atoms with van der Waals surface area (Å²) in [7, 11) is 0. The van der Waals surface area contributed by atoms with E-state index in [9.17, 15) is 13.9 Å². The molecule has 33 heavy (non-hydrogen) atoms. The van der Waals surface area contributed by atoms with Gasteiger partial charge in [-0.25, -0.2) is 8.78 Å². The SMILES string of the molecule is CCN1CCCC1CNc1nc(NCC2CCCCC2)nc(Nc2cc(F)c(O)c(F)c2)n1. The summed E-state index contributed by atoms with van der Waals surface area (Å²) < 4.78 is 27.6. The fourth-order valence-electron chi connectivity index (χ4n) is 4.74. The number of aromatic nitrogens is 3. The van der Waals surface area contributed by atoms with Gasteiger partial charge >= 0.3 is 0 Å². The lowest BCUT2D eigenvalue weighted by Crippen LogP contribution is -2.35. The molecule has 10 heteroatoms. The average Bonchev–Trinajstić information content (AvgIpc) is 3.28. The lowest BCUT2D eigenvalue weighted by Gasteiger charge is -2.23. The zero-order chi connectivity index (χ0) is 23.2. The number of hydrogen-bond acceptors (Lipinski definition) is 8. The van der Waals surface area contributed by atoms with Crippen molar-refractivity contribution in [2.45, 2.75) is 57.9 Å². The van der Waals surface area contributed by atoms with Crippen molar-refractivity contribution in [3.8, 4) is 5.75 Å². The number of halogens is 2. The van der Waals surface area contributed by atoms with Crippen LogP contribution in [0.25, 0.3) is 0 Å². The van der Waals surface area contributed by atoms with Crippen LogP contribution in [-0.2, 0) is 0 Å². The number of rotatable bonds is 9. The molecule has 1 aliphatic heterocycles. The monoisotopic (exact) mass is 461 g/mol. The fraction of sp³-hybridized carbons (Fsp3) is 0.609. The number of benzene rings is 1. The van der Waals surface area contributed by atoms with Crippen molar-refractivity contribution in [3.63, 3.8) is 0 Å². The van der Waals surface area contributed by atoms with Gasteiger partial charge < -0.3 is 21.1 Å². The summed E-state index contributed by atoms with van der Waals surface area (Å²) >= 11 is 0. The molecule has 2 aromatic rings. The Kier molecular flexibility index (Phi) is 7.74. The smallest absolute Gasteiger partial charge is 0.233 e. The van der Waals surface area contributed by atoms with Crippen LogP contribution in [0.2, 0.25) is 0 Å². The summed E-state index contributed by atoms with van der Waals surface area (Å²) in [4.78, 5) is 15.8. The van der Waals surface area contributed by atoms with Crippen LogP contribution in [0.5, 0.6) is 5.75 Å². The predicted molar refractivity (Wildman–Crippen MR) is 125 cm³/mol. The summed E-state index contributed by atoms with van der Waals surface area (Å²) in [5.74, 6) is -1.55. The fourth-order valence-corrected chi connectivity index (χ4v) is 4.74. The number of nitrogens with one attached hydrogen (secondary N) is 3. The van der Waals surface area contributed by atoms with Gasteiger partial charge in [-0.3, -0.25) is 4.90 Å². The molecule has 4 N–H and O–H groups in total. The van der Waals surface area contributed by atoms with Crippen LogP contribution in [0.3, 0.4) is 0 Å². The molecule has 0 spiro atoms. The van der Waals surface area contributed by atoms with Crippen molar-refractivity contribution in [2.75, 3.05) is 42.1 Å². The first-order valence-corrected chi connectivity index (χ1v) is 11.9. The second-order valence-corrected chi connectivity index (χ2v) is 8.91. The molecule has 1 saturated carbocycles. The van der Waals surface area contributed by atoms with E-state index >= 15 is 0 Å². The first kappa shape index (κ1) is 23.4. The van der Waals surface area contributed by atoms with Gasteiger partial charge in [0.2, 0.25) is 17.8 Å². The molecule has 1 aliphatic carbocycles. The Labute approximate surface area is 193 Å². The van der Waals surface area contributed by atoms with Crippen molar-refractivity contribution in [3.05, 3.63) is 23.8 Å². The van der Waals surface area contributed by atoms with E-state index in [1.54, 1.807) is 0 Å². The number of nitrogens with zero attached hydrogens (tertiary/aromatic N) is 4. The van der Waals surface area contributed by atoms with Crippen LogP contribution in [0.15, 0.2) is 12.1 Å². The molecule has 1 unspecified atom stereocenters. The molecule has 0 amide bonds. The lowest BCUT2D eigenvalue weighted by atomic mass is 9.89. The minimum Gasteiger partial charge on any atom is -0.503 e. The highest BCUT2D eigenvalue weighted by Crippen LogP contribution is 2.27. The van der Waals surface area contributed by atoms with E-state index in [4.69, 9.17) is 0 Å². The largest absolute Gasteiger partial charge is 0.503 e. The first-order chi connectivity index (χ1) is 16.0. The molecule has 2 heterocycles. The molecule has 1 atom stereocenters. The molecule has 1 aromatic carbocycles. The standard InChI is InChI=1S/C23H33F2N7O/c1-2-32-10-6-9-17(32)14-27-22-29-21(26-13-15-7-4-3-5-8-15)30-23(31-22)28-16-11-18(24)20(33)19(25)12-16/h11-12,15,17,33H,2-10,13-14H2,1H3,(H3,26,27,28,29,30,31). The van der Waals surface area contributed by atoms with E-state index in [2.05, 4.69) is 42.7 Å². The average molecular weight is 462 g/mol. The Hall–Kier alpha value is -2.75. The van der Waals surface area contributed by atoms with Crippen molar-refractivity contribution in [1.29, 1.82) is 0 Å². The highest BCUT2D eigenvalue weighted by molar-refractivity contribution is 5.57. The van der Waals surface area contributed by atoms with Crippen molar-refractivity contribution >= 4 is 23.5 Å². The van der Waals surface area contributed by atoms with Gasteiger partial charge in [0.15, 0.2) is 17.4 Å². The van der Waals surface area contributed by atoms with Gasteiger partial charge in [-0.05, 0) is 44.7 Å². The van der Waals surface area contributed by atoms with Crippen molar-refractivity contribution < 1.29 is 13.9 Å². The summed E-state index contributed by atoms with van der Waals surface area (Å²) in [6, 6.07) is 2.42. The van der Waals surface area contributed by atoms with Gasteiger partial charge in [-0.15, -0.1) is 0 Å². The maximum atomic E-state index is 13.8. The number of likely N-dealkylation sites (tertiary alicyclic amines) is 1. The van der Waals surface area contributed by atoms with Crippen LogP contribution >= 0.6 is 0 Å². The quantitative estimate of drug-likeness (QED) is 0.406. The third kappa shape index (κ3) is 6.19. The number of anilines is 4. The maximum absolute atomic E-state index is 13.8. The topological polar surface area (TPSA) is 98.2 Å². The Morgan fingerprint density at radius 1 is 0.909 bits per heavy atom. The lowest BCUT2D eigenvalue weighted by molar-refractivity contribution is 0.277. The molecule has 2 aliphatic rings. The molecule has 1 saturated heterocycles. The summed E-state index contributed by atoms with van der Waals surface area (Å²) in [6.07, 6.45) is 8.46. The normalized spacial score (nSPS) is 19.5. The molecule has 4 rings (SSSR count). The number of phenolic OH excluding ortho intramolecular Hbond substituents is 1. The number of hydrogen-bond donors (Lipinski definition) is 4. The van der Waals surface area contributed by atoms with Gasteiger partial charge in [0.05, 0.1) is 0 Å². The zero-order valence-electron chi connectivity index (χ0n) is 19.1. The first-order valence-electron chi connectivity index (χ1n) is 11.9. The van der Waals surface area contributed by atoms with Crippen LogP contribution in [-0.4, -0.2) is 57.2 Å². The molecule has 180 valence electrons. The molecule has 0 bridgehead atoms. The van der Waals surface area contributed by atoms with Gasteiger partial charge in [0.25, 0.3) is 0 Å². The highest BCUT2D eigenvalue weighted by atomic mass is 19.1. The third-order valence-corrected chi connectivity index (χ3v) is 6.58. The second-order valence-electron chi connectivity index (χ2n) is 8.91. The van der Waals surface area contributed by atoms with Gasteiger partial charge in [0.1, 0.15) is 0 Å². The number of phenols is 1. The van der Waals surface area contributed by atoms with Gasteiger partial charge in [-0.1, -0.05) is 26.2 Å². The molecule has 2 fully saturated rings. The van der Waals surface area contributed by atoms with Crippen LogP contribution in [0.4, 0.5) is 32.3 Å².